The van der Waals surface area contributed by atoms with Crippen molar-refractivity contribution in [3.8, 4) is 0 Å². The number of carbonyl (C=O) groups is 2. The molecule has 0 aliphatic rings. The zero-order valence-electron chi connectivity index (χ0n) is 11.0. The molecule has 0 N–H and O–H groups in total. The number of hydrogen-bond donors (Lipinski definition) is 0. The number of rotatable bonds is 6. The molecule has 0 spiro atoms. The van der Waals surface area contributed by atoms with Crippen LogP contribution in [0.5, 0.6) is 0 Å². The van der Waals surface area contributed by atoms with Crippen molar-refractivity contribution in [2.45, 2.75) is 33.2 Å². The molecule has 0 aromatic carbocycles. The monoisotopic (exact) mass is 269 g/mol. The molecular weight excluding hydrogens is 250 g/mol. The third-order valence-corrected chi connectivity index (χ3v) is 3.34. The Labute approximate surface area is 112 Å². The molecule has 0 aliphatic carbocycles. The average Bonchev–Trinajstić information content (AvgIpc) is 2.82. The Kier molecular flexibility index (Phi) is 5.85. The van der Waals surface area contributed by atoms with E-state index < -0.39 is 0 Å². The molecule has 100 valence electrons. The van der Waals surface area contributed by atoms with Crippen LogP contribution in [0.25, 0.3) is 0 Å². The van der Waals surface area contributed by atoms with E-state index in [0.29, 0.717) is 18.0 Å². The van der Waals surface area contributed by atoms with Gasteiger partial charge in [0, 0.05) is 12.6 Å². The molecule has 0 fully saturated rings. The quantitative estimate of drug-likeness (QED) is 0.746. The first kappa shape index (κ1) is 14.7. The number of carbonyl (C=O) groups excluding carboxylic acids is 2. The molecular formula is C13H19NO3S. The number of nitrogens with zero attached hydrogens (tertiary/aromatic N) is 1. The normalized spacial score (nSPS) is 10.4. The fourth-order valence-corrected chi connectivity index (χ4v) is 2.26. The molecule has 1 rings (SSSR count). The van der Waals surface area contributed by atoms with Crippen molar-refractivity contribution < 1.29 is 14.3 Å². The van der Waals surface area contributed by atoms with E-state index in [2.05, 4.69) is 0 Å². The van der Waals surface area contributed by atoms with E-state index in [-0.39, 0.29) is 24.3 Å². The van der Waals surface area contributed by atoms with Crippen LogP contribution >= 0.6 is 11.3 Å². The number of hydrogen-bond acceptors (Lipinski definition) is 4. The molecule has 4 nitrogen and oxygen atoms in total. The van der Waals surface area contributed by atoms with Gasteiger partial charge in [0.2, 0.25) is 0 Å². The second-order valence-electron chi connectivity index (χ2n) is 4.12. The van der Waals surface area contributed by atoms with Gasteiger partial charge in [0.15, 0.2) is 0 Å². The van der Waals surface area contributed by atoms with Gasteiger partial charge in [-0.1, -0.05) is 6.07 Å². The van der Waals surface area contributed by atoms with Gasteiger partial charge in [-0.15, -0.1) is 11.3 Å². The van der Waals surface area contributed by atoms with E-state index in [0.717, 1.165) is 0 Å². The minimum absolute atomic E-state index is 0.0238. The molecule has 18 heavy (non-hydrogen) atoms. The third kappa shape index (κ3) is 4.14. The van der Waals surface area contributed by atoms with Gasteiger partial charge < -0.3 is 9.64 Å². The Morgan fingerprint density at radius 3 is 2.67 bits per heavy atom. The van der Waals surface area contributed by atoms with Crippen LogP contribution in [0.4, 0.5) is 0 Å². The van der Waals surface area contributed by atoms with Crippen molar-refractivity contribution in [1.82, 2.24) is 4.90 Å². The summed E-state index contributed by atoms with van der Waals surface area (Å²) in [5.74, 6) is -0.286. The zero-order chi connectivity index (χ0) is 13.5. The summed E-state index contributed by atoms with van der Waals surface area (Å²) in [4.78, 5) is 25.9. The van der Waals surface area contributed by atoms with E-state index in [1.54, 1.807) is 17.9 Å². The first-order chi connectivity index (χ1) is 8.56. The second kappa shape index (κ2) is 7.16. The fourth-order valence-electron chi connectivity index (χ4n) is 1.58. The Bertz CT molecular complexity index is 387. The predicted octanol–water partition coefficient (Wildman–Crippen LogP) is 2.55. The molecule has 1 heterocycles. The molecule has 0 radical (unpaired) electrons. The van der Waals surface area contributed by atoms with Gasteiger partial charge in [-0.05, 0) is 32.2 Å². The van der Waals surface area contributed by atoms with Gasteiger partial charge in [-0.2, -0.15) is 0 Å². The molecule has 0 unspecified atom stereocenters. The summed E-state index contributed by atoms with van der Waals surface area (Å²) in [6, 6.07) is 3.71. The van der Waals surface area contributed by atoms with Gasteiger partial charge in [0.1, 0.15) is 0 Å². The van der Waals surface area contributed by atoms with Crippen molar-refractivity contribution in [1.29, 1.82) is 0 Å². The Morgan fingerprint density at radius 2 is 2.17 bits per heavy atom. The standard InChI is InChI=1S/C13H19NO3S/c1-4-17-12(15)7-8-14(10(2)3)13(16)11-6-5-9-18-11/h5-6,9-10H,4,7-8H2,1-3H3. The van der Waals surface area contributed by atoms with Crippen LogP contribution in [0.1, 0.15) is 36.9 Å². The summed E-state index contributed by atoms with van der Waals surface area (Å²) in [6.07, 6.45) is 0.239. The lowest BCUT2D eigenvalue weighted by Crippen LogP contribution is -2.38. The molecule has 0 aliphatic heterocycles. The topological polar surface area (TPSA) is 46.6 Å². The van der Waals surface area contributed by atoms with Crippen LogP contribution in [-0.4, -0.2) is 36.0 Å². The van der Waals surface area contributed by atoms with E-state index in [4.69, 9.17) is 4.74 Å². The highest BCUT2D eigenvalue weighted by atomic mass is 32.1. The van der Waals surface area contributed by atoms with Crippen molar-refractivity contribution in [2.24, 2.45) is 0 Å². The van der Waals surface area contributed by atoms with Crippen LogP contribution in [0.2, 0.25) is 0 Å². The van der Waals surface area contributed by atoms with Crippen LogP contribution in [0.15, 0.2) is 17.5 Å². The maximum absolute atomic E-state index is 12.2. The molecule has 0 saturated heterocycles. The van der Waals surface area contributed by atoms with E-state index in [1.165, 1.54) is 11.3 Å². The van der Waals surface area contributed by atoms with Gasteiger partial charge >= 0.3 is 5.97 Å². The number of amides is 1. The van der Waals surface area contributed by atoms with Gasteiger partial charge in [0.25, 0.3) is 5.91 Å². The second-order valence-corrected chi connectivity index (χ2v) is 5.07. The maximum atomic E-state index is 12.2. The molecule has 0 saturated carbocycles. The Balaban J connectivity index is 2.60. The molecule has 0 atom stereocenters. The van der Waals surface area contributed by atoms with Crippen molar-refractivity contribution in [2.75, 3.05) is 13.2 Å². The van der Waals surface area contributed by atoms with Crippen molar-refractivity contribution in [3.63, 3.8) is 0 Å². The molecule has 0 bridgehead atoms. The SMILES string of the molecule is CCOC(=O)CCN(C(=O)c1cccs1)C(C)C. The van der Waals surface area contributed by atoms with Crippen LogP contribution in [0, 0.1) is 0 Å². The summed E-state index contributed by atoms with van der Waals surface area (Å²) in [7, 11) is 0. The maximum Gasteiger partial charge on any atom is 0.307 e. The Morgan fingerprint density at radius 1 is 1.44 bits per heavy atom. The summed E-state index contributed by atoms with van der Waals surface area (Å²) >= 11 is 1.41. The van der Waals surface area contributed by atoms with E-state index in [9.17, 15) is 9.59 Å². The lowest BCUT2D eigenvalue weighted by atomic mass is 10.2. The van der Waals surface area contributed by atoms with Gasteiger partial charge in [-0.3, -0.25) is 9.59 Å². The number of ether oxygens (including phenoxy) is 1. The Hall–Kier alpha value is -1.36. The molecule has 5 heteroatoms. The molecule has 1 amide bonds. The minimum Gasteiger partial charge on any atom is -0.466 e. The van der Waals surface area contributed by atoms with Crippen LogP contribution in [-0.2, 0) is 9.53 Å². The predicted molar refractivity (Wildman–Crippen MR) is 71.7 cm³/mol. The lowest BCUT2D eigenvalue weighted by molar-refractivity contribution is -0.143. The average molecular weight is 269 g/mol. The first-order valence-electron chi connectivity index (χ1n) is 6.06. The van der Waals surface area contributed by atoms with E-state index >= 15 is 0 Å². The fraction of sp³-hybridized carbons (Fsp3) is 0.538. The van der Waals surface area contributed by atoms with Crippen LogP contribution < -0.4 is 0 Å². The molecule has 1 aromatic rings. The largest absolute Gasteiger partial charge is 0.466 e. The van der Waals surface area contributed by atoms with Gasteiger partial charge in [0.05, 0.1) is 17.9 Å². The minimum atomic E-state index is -0.262. The van der Waals surface area contributed by atoms with Crippen molar-refractivity contribution >= 4 is 23.2 Å². The summed E-state index contributed by atoms with van der Waals surface area (Å²) < 4.78 is 4.87. The summed E-state index contributed by atoms with van der Waals surface area (Å²) in [5, 5.41) is 1.87. The summed E-state index contributed by atoms with van der Waals surface area (Å²) in [5.41, 5.74) is 0. The highest BCUT2D eigenvalue weighted by Gasteiger charge is 2.20. The smallest absolute Gasteiger partial charge is 0.307 e. The highest BCUT2D eigenvalue weighted by molar-refractivity contribution is 7.12. The first-order valence-corrected chi connectivity index (χ1v) is 6.94. The van der Waals surface area contributed by atoms with Gasteiger partial charge in [-0.25, -0.2) is 0 Å². The molecule has 1 aromatic heterocycles. The number of thiophene rings is 1. The lowest BCUT2D eigenvalue weighted by Gasteiger charge is -2.25. The number of esters is 1. The van der Waals surface area contributed by atoms with Crippen LogP contribution in [0.3, 0.4) is 0 Å². The zero-order valence-corrected chi connectivity index (χ0v) is 11.8. The van der Waals surface area contributed by atoms with E-state index in [1.807, 2.05) is 25.3 Å². The summed E-state index contributed by atoms with van der Waals surface area (Å²) in [6.45, 7) is 6.43. The highest BCUT2D eigenvalue weighted by Crippen LogP contribution is 2.14. The third-order valence-electron chi connectivity index (χ3n) is 2.48. The van der Waals surface area contributed by atoms with Crippen molar-refractivity contribution in [3.05, 3.63) is 22.4 Å².